The highest BCUT2D eigenvalue weighted by Crippen LogP contribution is 2.35. The fraction of sp³-hybridized carbons (Fsp3) is 0.333. The molecule has 1 fully saturated rings. The number of likely N-dealkylation sites (tertiary alicyclic amines) is 1. The first kappa shape index (κ1) is 17.2. The van der Waals surface area contributed by atoms with Gasteiger partial charge in [-0.2, -0.15) is 5.26 Å². The molecule has 2 aromatic rings. The molecule has 1 aliphatic rings. The van der Waals surface area contributed by atoms with Gasteiger partial charge in [-0.05, 0) is 42.8 Å². The third-order valence-electron chi connectivity index (χ3n) is 4.48. The predicted molar refractivity (Wildman–Crippen MR) is 87.3 cm³/mol. The minimum atomic E-state index is -1.46. The molecule has 4 nitrogen and oxygen atoms in total. The summed E-state index contributed by atoms with van der Waals surface area (Å²) in [6.07, 6.45) is 2.21. The van der Waals surface area contributed by atoms with Crippen LogP contribution in [0.5, 0.6) is 0 Å². The van der Waals surface area contributed by atoms with E-state index in [1.54, 1.807) is 12.1 Å². The van der Waals surface area contributed by atoms with Crippen molar-refractivity contribution >= 4 is 5.82 Å². The second-order valence-corrected chi connectivity index (χ2v) is 5.96. The smallest absolute Gasteiger partial charge is 0.194 e. The Kier molecular flexibility index (Phi) is 4.91. The number of pyridine rings is 1. The molecule has 1 saturated heterocycles. The van der Waals surface area contributed by atoms with E-state index in [2.05, 4.69) is 15.2 Å². The van der Waals surface area contributed by atoms with E-state index in [1.807, 2.05) is 13.0 Å². The molecular formula is C18H17F3N4. The molecule has 0 aliphatic carbocycles. The van der Waals surface area contributed by atoms with Gasteiger partial charge in [0.2, 0.25) is 0 Å². The van der Waals surface area contributed by atoms with Crippen LogP contribution < -0.4 is 5.32 Å². The average molecular weight is 346 g/mol. The van der Waals surface area contributed by atoms with Gasteiger partial charge in [-0.25, -0.2) is 18.2 Å². The van der Waals surface area contributed by atoms with Gasteiger partial charge in [0.25, 0.3) is 0 Å². The van der Waals surface area contributed by atoms with Crippen molar-refractivity contribution in [3.63, 3.8) is 0 Å². The highest BCUT2D eigenvalue weighted by Gasteiger charge is 2.35. The lowest BCUT2D eigenvalue weighted by molar-refractivity contribution is 0.263. The zero-order valence-corrected chi connectivity index (χ0v) is 13.6. The average Bonchev–Trinajstić information content (AvgIpc) is 3.02. The van der Waals surface area contributed by atoms with E-state index in [0.29, 0.717) is 23.5 Å². The Labute approximate surface area is 143 Å². The minimum Gasteiger partial charge on any atom is -0.365 e. The number of aromatic nitrogens is 1. The quantitative estimate of drug-likeness (QED) is 0.859. The number of hydrogen-bond acceptors (Lipinski definition) is 4. The van der Waals surface area contributed by atoms with Gasteiger partial charge in [0.05, 0.1) is 11.6 Å². The maximum absolute atomic E-state index is 13.7. The highest BCUT2D eigenvalue weighted by molar-refractivity contribution is 5.41. The summed E-state index contributed by atoms with van der Waals surface area (Å²) in [4.78, 5) is 6.26. The fourth-order valence-corrected chi connectivity index (χ4v) is 3.29. The molecule has 0 radical (unpaired) electrons. The molecule has 2 unspecified atom stereocenters. The van der Waals surface area contributed by atoms with Gasteiger partial charge in [-0.15, -0.1) is 0 Å². The van der Waals surface area contributed by atoms with Crippen LogP contribution in [0.2, 0.25) is 0 Å². The summed E-state index contributed by atoms with van der Waals surface area (Å²) in [5.41, 5.74) is 0.841. The lowest BCUT2D eigenvalue weighted by Crippen LogP contribution is -2.31. The van der Waals surface area contributed by atoms with Crippen molar-refractivity contribution in [3.8, 4) is 6.07 Å². The molecule has 1 N–H and O–H groups in total. The lowest BCUT2D eigenvalue weighted by atomic mass is 9.99. The summed E-state index contributed by atoms with van der Waals surface area (Å²) in [5, 5.41) is 12.1. The fourth-order valence-electron chi connectivity index (χ4n) is 3.29. The maximum Gasteiger partial charge on any atom is 0.194 e. The van der Waals surface area contributed by atoms with Crippen LogP contribution in [0.4, 0.5) is 19.0 Å². The Balaban J connectivity index is 1.89. The monoisotopic (exact) mass is 346 g/mol. The van der Waals surface area contributed by atoms with Gasteiger partial charge in [-0.3, -0.25) is 4.90 Å². The van der Waals surface area contributed by atoms with E-state index in [0.717, 1.165) is 25.1 Å². The molecule has 2 heterocycles. The largest absolute Gasteiger partial charge is 0.365 e. The van der Waals surface area contributed by atoms with Crippen molar-refractivity contribution in [2.75, 3.05) is 18.4 Å². The van der Waals surface area contributed by atoms with E-state index < -0.39 is 17.5 Å². The first-order valence-electron chi connectivity index (χ1n) is 8.04. The van der Waals surface area contributed by atoms with Crippen molar-refractivity contribution in [1.82, 2.24) is 9.88 Å². The Morgan fingerprint density at radius 3 is 2.56 bits per heavy atom. The number of likely N-dealkylation sites (N-methyl/N-ethyl adjacent to an activating group) is 1. The third kappa shape index (κ3) is 3.44. The first-order chi connectivity index (χ1) is 12.0. The molecule has 3 rings (SSSR count). The SMILES string of the molecule is CCN1CCC(Nc2ccc(C#N)cn2)C1c1cc(F)c(F)c(F)c1. The van der Waals surface area contributed by atoms with Crippen molar-refractivity contribution < 1.29 is 13.2 Å². The van der Waals surface area contributed by atoms with E-state index in [-0.39, 0.29) is 12.1 Å². The molecule has 0 amide bonds. The van der Waals surface area contributed by atoms with Gasteiger partial charge in [0, 0.05) is 18.8 Å². The topological polar surface area (TPSA) is 52.0 Å². The van der Waals surface area contributed by atoms with Gasteiger partial charge < -0.3 is 5.32 Å². The third-order valence-corrected chi connectivity index (χ3v) is 4.48. The molecule has 0 spiro atoms. The molecule has 0 saturated carbocycles. The number of hydrogen-bond donors (Lipinski definition) is 1. The van der Waals surface area contributed by atoms with Crippen molar-refractivity contribution in [2.24, 2.45) is 0 Å². The summed E-state index contributed by atoms with van der Waals surface area (Å²) in [5.74, 6) is -3.25. The number of nitrogens with zero attached hydrogens (tertiary/aromatic N) is 3. The predicted octanol–water partition coefficient (Wildman–Crippen LogP) is 3.62. The molecule has 0 bridgehead atoms. The maximum atomic E-state index is 13.7. The van der Waals surface area contributed by atoms with Gasteiger partial charge in [0.15, 0.2) is 17.5 Å². The van der Waals surface area contributed by atoms with E-state index >= 15 is 0 Å². The van der Waals surface area contributed by atoms with Crippen LogP contribution in [0.25, 0.3) is 0 Å². The molecule has 2 atom stereocenters. The Bertz CT molecular complexity index is 778. The molecule has 7 heteroatoms. The van der Waals surface area contributed by atoms with Crippen LogP contribution in [0.15, 0.2) is 30.5 Å². The minimum absolute atomic E-state index is 0.135. The van der Waals surface area contributed by atoms with Crippen LogP contribution in [0.1, 0.15) is 30.5 Å². The Morgan fingerprint density at radius 1 is 1.28 bits per heavy atom. The van der Waals surface area contributed by atoms with Crippen LogP contribution in [0.3, 0.4) is 0 Å². The van der Waals surface area contributed by atoms with E-state index in [4.69, 9.17) is 5.26 Å². The number of halogens is 3. The molecule has 130 valence electrons. The van der Waals surface area contributed by atoms with Gasteiger partial charge >= 0.3 is 0 Å². The van der Waals surface area contributed by atoms with E-state index in [9.17, 15) is 13.2 Å². The van der Waals surface area contributed by atoms with Crippen molar-refractivity contribution in [3.05, 3.63) is 59.0 Å². The number of benzene rings is 1. The van der Waals surface area contributed by atoms with E-state index in [1.165, 1.54) is 6.20 Å². The van der Waals surface area contributed by atoms with Crippen LogP contribution in [-0.2, 0) is 0 Å². The number of rotatable bonds is 4. The molecular weight excluding hydrogens is 329 g/mol. The normalized spacial score (nSPS) is 20.4. The summed E-state index contributed by atoms with van der Waals surface area (Å²) >= 11 is 0. The van der Waals surface area contributed by atoms with Gasteiger partial charge in [-0.1, -0.05) is 6.92 Å². The summed E-state index contributed by atoms with van der Waals surface area (Å²) < 4.78 is 40.6. The molecule has 1 aromatic heterocycles. The highest BCUT2D eigenvalue weighted by atomic mass is 19.2. The van der Waals surface area contributed by atoms with Crippen LogP contribution in [-0.4, -0.2) is 29.0 Å². The lowest BCUT2D eigenvalue weighted by Gasteiger charge is -2.28. The summed E-state index contributed by atoms with van der Waals surface area (Å²) in [6.45, 7) is 3.41. The number of nitriles is 1. The Hall–Kier alpha value is -2.59. The standard InChI is InChI=1S/C18H17F3N4/c1-2-25-6-5-15(24-16-4-3-11(9-22)10-23-16)18(25)12-7-13(19)17(21)14(20)8-12/h3-4,7-8,10,15,18H,2,5-6H2,1H3,(H,23,24). The van der Waals surface area contributed by atoms with Crippen molar-refractivity contribution in [2.45, 2.75) is 25.4 Å². The van der Waals surface area contributed by atoms with Crippen LogP contribution >= 0.6 is 0 Å². The summed E-state index contributed by atoms with van der Waals surface area (Å²) in [7, 11) is 0. The second-order valence-electron chi connectivity index (χ2n) is 5.96. The molecule has 1 aliphatic heterocycles. The second kappa shape index (κ2) is 7.11. The van der Waals surface area contributed by atoms with Crippen molar-refractivity contribution in [1.29, 1.82) is 5.26 Å². The van der Waals surface area contributed by atoms with Gasteiger partial charge in [0.1, 0.15) is 11.9 Å². The first-order valence-corrected chi connectivity index (χ1v) is 8.04. The molecule has 1 aromatic carbocycles. The molecule has 25 heavy (non-hydrogen) atoms. The summed E-state index contributed by atoms with van der Waals surface area (Å²) in [6, 6.07) is 7.01. The zero-order valence-electron chi connectivity index (χ0n) is 13.6. The van der Waals surface area contributed by atoms with Crippen LogP contribution in [0, 0.1) is 28.8 Å². The zero-order chi connectivity index (χ0) is 18.0. The number of anilines is 1. The number of nitrogens with one attached hydrogen (secondary N) is 1. The Morgan fingerprint density at radius 2 is 2.00 bits per heavy atom.